The SMILES string of the molecule is C1=CC2C(=CC=CN2c2cc3c(N4C=CC=C(c5ccccc5)C4)cc4cc(C(=Nc5ccccc5)c5ccccc5)c5oc6cc(-c7ccccc7)ccc6c5c4c3c3oc4cc(-c5ccccc5)ccc4c23)C(c2ccccc2)=C1. The normalized spacial score (nSPS) is 15.2. The van der Waals surface area contributed by atoms with E-state index in [0.29, 0.717) is 6.54 Å². The maximum absolute atomic E-state index is 7.67. The van der Waals surface area contributed by atoms with Crippen LogP contribution < -0.4 is 9.80 Å². The summed E-state index contributed by atoms with van der Waals surface area (Å²) in [4.78, 5) is 10.4. The van der Waals surface area contributed by atoms with Gasteiger partial charge in [0.1, 0.15) is 22.3 Å². The highest BCUT2D eigenvalue weighted by atomic mass is 16.3. The minimum atomic E-state index is -0.1000. The Hall–Kier alpha value is -10.8. The number of hydrogen-bond acceptors (Lipinski definition) is 5. The molecule has 0 fully saturated rings. The molecule has 0 spiro atoms. The molecule has 16 rings (SSSR count). The average molecular weight is 1050 g/mol. The molecule has 2 aromatic heterocycles. The lowest BCUT2D eigenvalue weighted by atomic mass is 9.85. The van der Waals surface area contributed by atoms with Gasteiger partial charge in [0.05, 0.1) is 28.5 Å². The number of furan rings is 2. The van der Waals surface area contributed by atoms with Gasteiger partial charge >= 0.3 is 0 Å². The highest BCUT2D eigenvalue weighted by molar-refractivity contribution is 6.38. The molecule has 0 radical (unpaired) electrons. The van der Waals surface area contributed by atoms with Gasteiger partial charge in [-0.3, -0.25) is 0 Å². The number of para-hydroxylation sites is 1. The summed E-state index contributed by atoms with van der Waals surface area (Å²) in [5.74, 6) is 0. The first-order valence-corrected chi connectivity index (χ1v) is 28.1. The molecule has 5 heteroatoms. The van der Waals surface area contributed by atoms with E-state index in [0.717, 1.165) is 122 Å². The van der Waals surface area contributed by atoms with E-state index in [9.17, 15) is 0 Å². The topological polar surface area (TPSA) is 45.1 Å². The van der Waals surface area contributed by atoms with Crippen molar-refractivity contribution in [2.24, 2.45) is 4.99 Å². The molecule has 3 aliphatic rings. The highest BCUT2D eigenvalue weighted by Gasteiger charge is 2.32. The van der Waals surface area contributed by atoms with Crippen LogP contribution in [0.15, 0.2) is 311 Å². The molecule has 0 saturated carbocycles. The molecule has 1 aliphatic carbocycles. The first-order valence-electron chi connectivity index (χ1n) is 28.1. The zero-order valence-electron chi connectivity index (χ0n) is 44.7. The Kier molecular flexibility index (Phi) is 11.3. The van der Waals surface area contributed by atoms with Crippen LogP contribution in [-0.4, -0.2) is 18.3 Å². The summed E-state index contributed by atoms with van der Waals surface area (Å²) < 4.78 is 15.1. The van der Waals surface area contributed by atoms with Crippen LogP contribution in [0.25, 0.3) is 98.8 Å². The Morgan fingerprint density at radius 2 is 1.00 bits per heavy atom. The number of hydrogen-bond donors (Lipinski definition) is 0. The Morgan fingerprint density at radius 3 is 1.67 bits per heavy atom. The molecule has 4 heterocycles. The molecular weight excluding hydrogens is 999 g/mol. The van der Waals surface area contributed by atoms with Gasteiger partial charge in [0.15, 0.2) is 0 Å². The molecule has 5 nitrogen and oxygen atoms in total. The van der Waals surface area contributed by atoms with Crippen LogP contribution in [-0.2, 0) is 0 Å². The number of aliphatic imine (C=N–C) groups is 1. The molecule has 13 aromatic rings. The van der Waals surface area contributed by atoms with E-state index in [1.54, 1.807) is 0 Å². The third kappa shape index (κ3) is 7.96. The van der Waals surface area contributed by atoms with Gasteiger partial charge in [-0.05, 0) is 122 Å². The zero-order chi connectivity index (χ0) is 54.1. The van der Waals surface area contributed by atoms with Crippen molar-refractivity contribution in [1.29, 1.82) is 0 Å². The number of nitrogens with zero attached hydrogens (tertiary/aromatic N) is 3. The summed E-state index contributed by atoms with van der Waals surface area (Å²) in [5.41, 5.74) is 19.3. The zero-order valence-corrected chi connectivity index (χ0v) is 44.7. The van der Waals surface area contributed by atoms with Crippen molar-refractivity contribution < 1.29 is 8.83 Å². The quantitative estimate of drug-likeness (QED) is 0.107. The smallest absolute Gasteiger partial charge is 0.146 e. The lowest BCUT2D eigenvalue weighted by Crippen LogP contribution is -2.34. The van der Waals surface area contributed by atoms with Crippen LogP contribution in [0.1, 0.15) is 22.3 Å². The van der Waals surface area contributed by atoms with E-state index in [2.05, 4.69) is 283 Å². The summed E-state index contributed by atoms with van der Waals surface area (Å²) in [6.07, 6.45) is 20.2. The summed E-state index contributed by atoms with van der Waals surface area (Å²) in [6.45, 7) is 0.652. The Balaban J connectivity index is 1.05. The lowest BCUT2D eigenvalue weighted by molar-refractivity contribution is 0.668. The second-order valence-electron chi connectivity index (χ2n) is 21.3. The maximum atomic E-state index is 7.67. The lowest BCUT2D eigenvalue weighted by Gasteiger charge is -2.36. The largest absolute Gasteiger partial charge is 0.455 e. The summed E-state index contributed by atoms with van der Waals surface area (Å²) in [7, 11) is 0. The van der Waals surface area contributed by atoms with Crippen LogP contribution in [0.2, 0.25) is 0 Å². The van der Waals surface area contributed by atoms with E-state index < -0.39 is 0 Å². The van der Waals surface area contributed by atoms with Gasteiger partial charge in [0, 0.05) is 68.1 Å². The standard InChI is InChI=1S/C77H51N3O2/c1-7-22-50(23-8-1)55-38-40-62-69(46-55)82-77-72(62)68(80-43-21-36-61-60(35-19-37-66(61)80)53-28-13-4-14-29-53)48-64-67(79-42-20-32-57(49-79)52-26-11-3-12-27-52)45-58-44-65(75(54-30-15-5-16-31-54)78-59-33-17-6-18-34-59)76-73(71(58)74(64)77)63-41-39-56(47-70(63)81-76)51-24-9-2-10-25-51/h1-48,66H,49H2. The third-order valence-electron chi connectivity index (χ3n) is 16.6. The fourth-order valence-corrected chi connectivity index (χ4v) is 12.8. The minimum absolute atomic E-state index is 0.1000. The second-order valence-corrected chi connectivity index (χ2v) is 21.3. The maximum Gasteiger partial charge on any atom is 0.146 e. The van der Waals surface area contributed by atoms with Crippen LogP contribution in [0.3, 0.4) is 0 Å². The molecule has 386 valence electrons. The van der Waals surface area contributed by atoms with Crippen LogP contribution in [0.5, 0.6) is 0 Å². The Morgan fingerprint density at radius 1 is 0.427 bits per heavy atom. The van der Waals surface area contributed by atoms with Crippen LogP contribution >= 0.6 is 0 Å². The first-order chi connectivity index (χ1) is 40.7. The van der Waals surface area contributed by atoms with Gasteiger partial charge in [0.25, 0.3) is 0 Å². The van der Waals surface area contributed by atoms with E-state index in [-0.39, 0.29) is 6.04 Å². The number of rotatable bonds is 9. The van der Waals surface area contributed by atoms with E-state index in [4.69, 9.17) is 13.8 Å². The van der Waals surface area contributed by atoms with Gasteiger partial charge in [-0.2, -0.15) is 0 Å². The molecule has 11 aromatic carbocycles. The third-order valence-corrected chi connectivity index (χ3v) is 16.6. The van der Waals surface area contributed by atoms with Crippen molar-refractivity contribution >= 4 is 99.3 Å². The Bertz CT molecular complexity index is 4910. The molecular formula is C77H51N3O2. The van der Waals surface area contributed by atoms with Crippen LogP contribution in [0.4, 0.5) is 17.1 Å². The molecule has 1 atom stereocenters. The second kappa shape index (κ2) is 19.6. The van der Waals surface area contributed by atoms with Crippen molar-refractivity contribution in [2.75, 3.05) is 16.3 Å². The van der Waals surface area contributed by atoms with Crippen molar-refractivity contribution in [3.05, 3.63) is 319 Å². The molecule has 0 saturated heterocycles. The van der Waals surface area contributed by atoms with Gasteiger partial charge in [-0.15, -0.1) is 0 Å². The van der Waals surface area contributed by atoms with Crippen molar-refractivity contribution in [3.8, 4) is 22.3 Å². The molecule has 0 bridgehead atoms. The number of allylic oxidation sites excluding steroid dienone is 6. The number of anilines is 2. The Labute approximate surface area is 474 Å². The van der Waals surface area contributed by atoms with Gasteiger partial charge in [-0.1, -0.05) is 212 Å². The predicted molar refractivity (Wildman–Crippen MR) is 343 cm³/mol. The summed E-state index contributed by atoms with van der Waals surface area (Å²) in [6, 6.07) is 83.9. The fourth-order valence-electron chi connectivity index (χ4n) is 12.8. The molecule has 0 N–H and O–H groups in total. The predicted octanol–water partition coefficient (Wildman–Crippen LogP) is 20.0. The minimum Gasteiger partial charge on any atom is -0.455 e. The number of benzene rings is 11. The van der Waals surface area contributed by atoms with E-state index in [1.165, 1.54) is 27.8 Å². The van der Waals surface area contributed by atoms with Gasteiger partial charge < -0.3 is 18.6 Å². The highest BCUT2D eigenvalue weighted by Crippen LogP contribution is 2.52. The van der Waals surface area contributed by atoms with E-state index >= 15 is 0 Å². The van der Waals surface area contributed by atoms with E-state index in [1.807, 2.05) is 18.2 Å². The van der Waals surface area contributed by atoms with Crippen molar-refractivity contribution in [3.63, 3.8) is 0 Å². The summed E-state index contributed by atoms with van der Waals surface area (Å²) in [5, 5.41) is 8.26. The van der Waals surface area contributed by atoms with Crippen molar-refractivity contribution in [1.82, 2.24) is 0 Å². The molecule has 82 heavy (non-hydrogen) atoms. The van der Waals surface area contributed by atoms with Gasteiger partial charge in [-0.25, -0.2) is 4.99 Å². The molecule has 1 unspecified atom stereocenters. The average Bonchev–Trinajstić information content (AvgIpc) is 3.49. The fraction of sp³-hybridized carbons (Fsp3) is 0.0260. The molecule has 0 amide bonds. The number of fused-ring (bicyclic) bond motifs is 12. The summed E-state index contributed by atoms with van der Waals surface area (Å²) >= 11 is 0. The van der Waals surface area contributed by atoms with Crippen LogP contribution in [0, 0.1) is 0 Å². The monoisotopic (exact) mass is 1050 g/mol. The molecule has 2 aliphatic heterocycles. The van der Waals surface area contributed by atoms with Gasteiger partial charge in [0.2, 0.25) is 0 Å². The van der Waals surface area contributed by atoms with Crippen molar-refractivity contribution in [2.45, 2.75) is 6.04 Å². The first kappa shape index (κ1) is 47.3.